The fraction of sp³-hybridized carbons (Fsp3) is 0.600. The quantitative estimate of drug-likeness (QED) is 0.621. The normalized spacial score (nSPS) is 14.5. The molecular weight excluding hydrogens is 305 g/mol. The predicted molar refractivity (Wildman–Crippen MR) is 90.7 cm³/mol. The highest BCUT2D eigenvalue weighted by Gasteiger charge is 2.28. The zero-order valence-corrected chi connectivity index (χ0v) is 15.4. The van der Waals surface area contributed by atoms with Crippen molar-refractivity contribution in [1.82, 2.24) is 0 Å². The summed E-state index contributed by atoms with van der Waals surface area (Å²) in [7, 11) is 6.12. The SMILES string of the molecule is Cc1ccc(C(C)C)c(C(C[N+](C)(C)C)OP(O)(O)=S)c1. The van der Waals surface area contributed by atoms with Crippen molar-refractivity contribution in [3.8, 4) is 0 Å². The molecule has 1 rings (SSSR count). The summed E-state index contributed by atoms with van der Waals surface area (Å²) in [6, 6.07) is 6.20. The second-order valence-corrected chi connectivity index (χ2v) is 9.46. The second kappa shape index (κ2) is 6.86. The van der Waals surface area contributed by atoms with Crippen LogP contribution in [0.3, 0.4) is 0 Å². The molecule has 1 aromatic carbocycles. The molecule has 0 aliphatic carbocycles. The standard InChI is InChI=1S/C15H26NO3PS/c1-11(2)13-8-7-12(3)9-14(13)15(10-16(4,5)6)19-20(17,18)21/h7-9,11,15H,10H2,1-6H3,(H-,17,18,21)/p+1. The molecular formula is C15H27NO3PS+. The van der Waals surface area contributed by atoms with Gasteiger partial charge in [-0.15, -0.1) is 0 Å². The third kappa shape index (κ3) is 6.55. The summed E-state index contributed by atoms with van der Waals surface area (Å²) < 4.78 is 6.11. The molecule has 0 saturated heterocycles. The van der Waals surface area contributed by atoms with E-state index in [9.17, 15) is 9.79 Å². The van der Waals surface area contributed by atoms with Crippen LogP contribution in [0.4, 0.5) is 0 Å². The first kappa shape index (κ1) is 18.8. The molecule has 0 aliphatic heterocycles. The van der Waals surface area contributed by atoms with Gasteiger partial charge in [0.1, 0.15) is 12.6 Å². The van der Waals surface area contributed by atoms with E-state index in [1.165, 1.54) is 0 Å². The molecule has 6 heteroatoms. The van der Waals surface area contributed by atoms with E-state index in [4.69, 9.17) is 4.52 Å². The molecule has 0 bridgehead atoms. The van der Waals surface area contributed by atoms with Gasteiger partial charge in [0.2, 0.25) is 0 Å². The lowest BCUT2D eigenvalue weighted by molar-refractivity contribution is -0.874. The Kier molecular flexibility index (Phi) is 6.13. The van der Waals surface area contributed by atoms with Gasteiger partial charge in [0.05, 0.1) is 21.1 Å². The van der Waals surface area contributed by atoms with Crippen LogP contribution in [-0.2, 0) is 16.3 Å². The van der Waals surface area contributed by atoms with Crippen molar-refractivity contribution in [2.75, 3.05) is 27.7 Å². The average molecular weight is 332 g/mol. The van der Waals surface area contributed by atoms with Gasteiger partial charge < -0.3 is 14.3 Å². The summed E-state index contributed by atoms with van der Waals surface area (Å²) >= 11 is 4.69. The number of hydrogen-bond acceptors (Lipinski definition) is 2. The van der Waals surface area contributed by atoms with Gasteiger partial charge in [-0.3, -0.25) is 4.52 Å². The number of nitrogens with zero attached hydrogens (tertiary/aromatic N) is 1. The lowest BCUT2D eigenvalue weighted by atomic mass is 9.92. The van der Waals surface area contributed by atoms with E-state index in [0.29, 0.717) is 16.9 Å². The molecule has 2 N–H and O–H groups in total. The number of aryl methyl sites for hydroxylation is 1. The van der Waals surface area contributed by atoms with Gasteiger partial charge in [-0.25, -0.2) is 0 Å². The van der Waals surface area contributed by atoms with Crippen molar-refractivity contribution >= 4 is 18.5 Å². The minimum Gasteiger partial charge on any atom is -0.328 e. The number of quaternary nitrogens is 1. The Bertz CT molecular complexity index is 534. The molecule has 4 nitrogen and oxygen atoms in total. The van der Waals surface area contributed by atoms with Gasteiger partial charge in [0, 0.05) is 0 Å². The summed E-state index contributed by atoms with van der Waals surface area (Å²) in [5, 5.41) is 0. The molecule has 0 radical (unpaired) electrons. The molecule has 0 aliphatic rings. The molecule has 0 spiro atoms. The Balaban J connectivity index is 3.30. The van der Waals surface area contributed by atoms with Crippen LogP contribution in [0.2, 0.25) is 0 Å². The largest absolute Gasteiger partial charge is 0.328 e. The van der Waals surface area contributed by atoms with Crippen molar-refractivity contribution in [3.05, 3.63) is 34.9 Å². The Labute approximate surface area is 133 Å². The molecule has 0 aromatic heterocycles. The molecule has 0 saturated carbocycles. The number of benzene rings is 1. The van der Waals surface area contributed by atoms with Crippen molar-refractivity contribution in [2.45, 2.75) is 32.8 Å². The van der Waals surface area contributed by atoms with Crippen LogP contribution in [0.5, 0.6) is 0 Å². The molecule has 1 atom stereocenters. The molecule has 0 fully saturated rings. The lowest BCUT2D eigenvalue weighted by Gasteiger charge is -2.31. The van der Waals surface area contributed by atoms with E-state index in [-0.39, 0.29) is 0 Å². The van der Waals surface area contributed by atoms with E-state index in [2.05, 4.69) is 43.9 Å². The zero-order valence-electron chi connectivity index (χ0n) is 13.7. The van der Waals surface area contributed by atoms with E-state index in [0.717, 1.165) is 16.7 Å². The fourth-order valence-corrected chi connectivity index (χ4v) is 3.17. The minimum atomic E-state index is -3.72. The minimum absolute atomic E-state index is 0.328. The van der Waals surface area contributed by atoms with E-state index in [1.807, 2.05) is 28.1 Å². The van der Waals surface area contributed by atoms with E-state index in [1.54, 1.807) is 0 Å². The third-order valence-corrected chi connectivity index (χ3v) is 3.98. The average Bonchev–Trinajstić information content (AvgIpc) is 2.23. The second-order valence-electron chi connectivity index (χ2n) is 6.84. The summed E-state index contributed by atoms with van der Waals surface area (Å²) in [4.78, 5) is 19.2. The van der Waals surface area contributed by atoms with Crippen LogP contribution in [0.25, 0.3) is 0 Å². The van der Waals surface area contributed by atoms with Gasteiger partial charge in [-0.2, -0.15) is 0 Å². The topological polar surface area (TPSA) is 49.7 Å². The number of rotatable bonds is 6. The van der Waals surface area contributed by atoms with Gasteiger partial charge in [-0.1, -0.05) is 37.6 Å². The molecule has 0 amide bonds. The van der Waals surface area contributed by atoms with Crippen molar-refractivity contribution in [2.24, 2.45) is 0 Å². The molecule has 1 aromatic rings. The number of likely N-dealkylation sites (N-methyl/N-ethyl adjacent to an activating group) is 1. The lowest BCUT2D eigenvalue weighted by Crippen LogP contribution is -2.39. The molecule has 0 heterocycles. The smallest absolute Gasteiger partial charge is 0.322 e. The first-order valence-electron chi connectivity index (χ1n) is 7.04. The molecule has 1 unspecified atom stereocenters. The van der Waals surface area contributed by atoms with Gasteiger partial charge in [0.15, 0.2) is 0 Å². The van der Waals surface area contributed by atoms with Gasteiger partial charge in [-0.05, 0) is 35.8 Å². The van der Waals surface area contributed by atoms with E-state index < -0.39 is 12.8 Å². The predicted octanol–water partition coefficient (Wildman–Crippen LogP) is 3.09. The summed E-state index contributed by atoms with van der Waals surface area (Å²) in [5.74, 6) is 0.328. The van der Waals surface area contributed by atoms with Crippen molar-refractivity contribution < 1.29 is 18.8 Å². The Hall–Kier alpha value is -0.290. The monoisotopic (exact) mass is 332 g/mol. The molecule has 21 heavy (non-hydrogen) atoms. The maximum atomic E-state index is 9.60. The number of hydrogen-bond donors (Lipinski definition) is 2. The Morgan fingerprint density at radius 3 is 2.19 bits per heavy atom. The van der Waals surface area contributed by atoms with Crippen LogP contribution >= 0.6 is 6.72 Å². The van der Waals surface area contributed by atoms with Crippen molar-refractivity contribution in [1.29, 1.82) is 0 Å². The third-order valence-electron chi connectivity index (χ3n) is 3.19. The van der Waals surface area contributed by atoms with Gasteiger partial charge >= 0.3 is 6.72 Å². The van der Waals surface area contributed by atoms with E-state index >= 15 is 0 Å². The van der Waals surface area contributed by atoms with Crippen LogP contribution in [0, 0.1) is 6.92 Å². The summed E-state index contributed by atoms with van der Waals surface area (Å²) in [6.07, 6.45) is -0.428. The van der Waals surface area contributed by atoms with Gasteiger partial charge in [0.25, 0.3) is 0 Å². The van der Waals surface area contributed by atoms with Crippen LogP contribution < -0.4 is 0 Å². The highest BCUT2D eigenvalue weighted by molar-refractivity contribution is 8.06. The van der Waals surface area contributed by atoms with Crippen molar-refractivity contribution in [3.63, 3.8) is 0 Å². The molecule has 120 valence electrons. The first-order valence-corrected chi connectivity index (χ1v) is 9.66. The summed E-state index contributed by atoms with van der Waals surface area (Å²) in [6.45, 7) is 3.15. The highest BCUT2D eigenvalue weighted by Crippen LogP contribution is 2.44. The highest BCUT2D eigenvalue weighted by atomic mass is 32.5. The summed E-state index contributed by atoms with van der Waals surface area (Å²) in [5.41, 5.74) is 3.27. The zero-order chi connectivity index (χ0) is 16.4. The Morgan fingerprint density at radius 1 is 1.19 bits per heavy atom. The Morgan fingerprint density at radius 2 is 1.76 bits per heavy atom. The van der Waals surface area contributed by atoms with Crippen LogP contribution in [0.15, 0.2) is 18.2 Å². The fourth-order valence-electron chi connectivity index (χ4n) is 2.35. The maximum Gasteiger partial charge on any atom is 0.322 e. The van der Waals surface area contributed by atoms with Crippen LogP contribution in [-0.4, -0.2) is 42.0 Å². The first-order chi connectivity index (χ1) is 9.39. The van der Waals surface area contributed by atoms with Crippen LogP contribution in [0.1, 0.15) is 42.6 Å². The maximum absolute atomic E-state index is 9.60.